The van der Waals surface area contributed by atoms with E-state index in [1.165, 1.54) is 27.0 Å². The second-order valence-corrected chi connectivity index (χ2v) is 10.5. The Kier molecular flexibility index (Phi) is 10.7. The van der Waals surface area contributed by atoms with E-state index in [0.29, 0.717) is 6.04 Å². The third kappa shape index (κ3) is 7.37. The first-order chi connectivity index (χ1) is 16.7. The van der Waals surface area contributed by atoms with Gasteiger partial charge in [-0.25, -0.2) is 12.1 Å². The van der Waals surface area contributed by atoms with Gasteiger partial charge in [-0.05, 0) is 37.1 Å². The molecular weight excluding hydrogens is 485 g/mol. The van der Waals surface area contributed by atoms with E-state index in [1.54, 1.807) is 0 Å². The van der Waals surface area contributed by atoms with Gasteiger partial charge in [-0.2, -0.15) is 6.07 Å². The maximum absolute atomic E-state index is 3.81. The van der Waals surface area contributed by atoms with E-state index in [-0.39, 0.29) is 23.1 Å². The van der Waals surface area contributed by atoms with Gasteiger partial charge in [0.05, 0.1) is 0 Å². The maximum atomic E-state index is 3.81. The Bertz CT molecular complexity index is 1140. The molecule has 3 heteroatoms. The van der Waals surface area contributed by atoms with Gasteiger partial charge in [-0.15, -0.1) is 10.9 Å². The van der Waals surface area contributed by atoms with Crippen molar-refractivity contribution in [3.8, 4) is 0 Å². The Morgan fingerprint density at radius 1 is 0.629 bits per heavy atom. The van der Waals surface area contributed by atoms with Crippen LogP contribution in [0.2, 0.25) is 0 Å². The molecule has 0 spiro atoms. The van der Waals surface area contributed by atoms with Gasteiger partial charge in [-0.3, -0.25) is 0 Å². The SMILES string of the molecule is C[C@@H](N[C@H](C)[c-]1cccc1P(c1ccccc1)c1ccccc1)c1ccccc1.[Fe].[cH-]1[cH-][cH-][cH-][cH-]1. The summed E-state index contributed by atoms with van der Waals surface area (Å²) < 4.78 is 0. The van der Waals surface area contributed by atoms with Gasteiger partial charge in [0.15, 0.2) is 0 Å². The van der Waals surface area contributed by atoms with E-state index in [9.17, 15) is 0 Å². The number of hydrogen-bond donors (Lipinski definition) is 1. The van der Waals surface area contributed by atoms with Crippen molar-refractivity contribution in [3.05, 3.63) is 151 Å². The smallest absolute Gasteiger partial charge is 0.0287 e. The van der Waals surface area contributed by atoms with E-state index in [4.69, 9.17) is 0 Å². The Labute approximate surface area is 222 Å². The summed E-state index contributed by atoms with van der Waals surface area (Å²) in [4.78, 5) is 0. The number of benzene rings is 3. The molecule has 35 heavy (non-hydrogen) atoms. The third-order valence-electron chi connectivity index (χ3n) is 5.92. The monoisotopic (exact) mass is 517 g/mol. The van der Waals surface area contributed by atoms with Crippen LogP contribution < -0.4 is 21.2 Å². The van der Waals surface area contributed by atoms with E-state index in [1.807, 2.05) is 30.3 Å². The van der Waals surface area contributed by atoms with Crippen molar-refractivity contribution in [1.82, 2.24) is 5.32 Å². The summed E-state index contributed by atoms with van der Waals surface area (Å²) in [5.41, 5.74) is 2.72. The molecule has 0 amide bonds. The summed E-state index contributed by atoms with van der Waals surface area (Å²) in [5.74, 6) is 0. The van der Waals surface area contributed by atoms with Crippen LogP contribution >= 0.6 is 7.92 Å². The molecule has 0 saturated heterocycles. The molecule has 0 aromatic heterocycles. The Balaban J connectivity index is 0.000000509. The maximum Gasteiger partial charge on any atom is 0.0287 e. The number of rotatable bonds is 7. The predicted octanol–water partition coefficient (Wildman–Crippen LogP) is 6.98. The second-order valence-electron chi connectivity index (χ2n) is 8.36. The van der Waals surface area contributed by atoms with Gasteiger partial charge in [0, 0.05) is 23.1 Å². The number of nitrogens with one attached hydrogen (secondary N) is 1. The van der Waals surface area contributed by atoms with Crippen molar-refractivity contribution in [3.63, 3.8) is 0 Å². The topological polar surface area (TPSA) is 12.0 Å². The van der Waals surface area contributed by atoms with Crippen LogP contribution in [0.15, 0.2) is 140 Å². The summed E-state index contributed by atoms with van der Waals surface area (Å²) in [6, 6.07) is 49.9. The minimum Gasteiger partial charge on any atom is -0.748 e. The van der Waals surface area contributed by atoms with E-state index < -0.39 is 7.92 Å². The predicted molar refractivity (Wildman–Crippen MR) is 149 cm³/mol. The zero-order valence-corrected chi connectivity index (χ0v) is 22.2. The molecule has 1 N–H and O–H groups in total. The van der Waals surface area contributed by atoms with E-state index in [2.05, 4.69) is 128 Å². The summed E-state index contributed by atoms with van der Waals surface area (Å²) in [7, 11) is -0.581. The zero-order chi connectivity index (χ0) is 23.6. The fraction of sp³-hybridized carbons (Fsp3) is 0.125. The van der Waals surface area contributed by atoms with Gasteiger partial charge in [0.2, 0.25) is 0 Å². The fourth-order valence-corrected chi connectivity index (χ4v) is 6.76. The molecule has 0 unspecified atom stereocenters. The van der Waals surface area contributed by atoms with Crippen molar-refractivity contribution in [2.24, 2.45) is 0 Å². The van der Waals surface area contributed by atoms with E-state index in [0.717, 1.165) is 0 Å². The minimum absolute atomic E-state index is 0. The third-order valence-corrected chi connectivity index (χ3v) is 8.44. The van der Waals surface area contributed by atoms with Crippen molar-refractivity contribution in [2.75, 3.05) is 0 Å². The average molecular weight is 517 g/mol. The number of hydrogen-bond acceptors (Lipinski definition) is 1. The molecule has 5 aromatic rings. The largest absolute Gasteiger partial charge is 0.748 e. The summed E-state index contributed by atoms with van der Waals surface area (Å²) in [6.45, 7) is 4.52. The fourth-order valence-electron chi connectivity index (χ4n) is 4.20. The molecule has 2 atom stereocenters. The molecule has 1 nitrogen and oxygen atoms in total. The quantitative estimate of drug-likeness (QED) is 0.140. The molecule has 0 bridgehead atoms. The van der Waals surface area contributed by atoms with Gasteiger partial charge in [-0.1, -0.05) is 97.9 Å². The van der Waals surface area contributed by atoms with Crippen molar-refractivity contribution in [1.29, 1.82) is 0 Å². The first-order valence-corrected chi connectivity index (χ1v) is 13.2. The van der Waals surface area contributed by atoms with Crippen LogP contribution in [-0.2, 0) is 17.1 Å². The molecule has 0 aliphatic rings. The Hall–Kier alpha value is -2.73. The molecule has 184 valence electrons. The molecule has 5 aromatic carbocycles. The molecule has 0 aliphatic heterocycles. The van der Waals surface area contributed by atoms with Gasteiger partial charge in [0.25, 0.3) is 0 Å². The van der Waals surface area contributed by atoms with Crippen LogP contribution in [-0.4, -0.2) is 0 Å². The van der Waals surface area contributed by atoms with Crippen LogP contribution in [0.1, 0.15) is 37.1 Å². The molecule has 0 saturated carbocycles. The molecular formula is C32H32FeNP-6. The molecule has 0 radical (unpaired) electrons. The molecule has 0 fully saturated rings. The van der Waals surface area contributed by atoms with Crippen molar-refractivity contribution >= 4 is 23.8 Å². The van der Waals surface area contributed by atoms with Crippen LogP contribution in [0.4, 0.5) is 0 Å². The Morgan fingerprint density at radius 2 is 1.09 bits per heavy atom. The summed E-state index contributed by atoms with van der Waals surface area (Å²) >= 11 is 0. The van der Waals surface area contributed by atoms with Gasteiger partial charge >= 0.3 is 0 Å². The van der Waals surface area contributed by atoms with Crippen LogP contribution in [0.25, 0.3) is 0 Å². The minimum atomic E-state index is -0.581. The standard InChI is InChI=1S/C27H27NP.C5H5.Fe/c1-21(23-13-6-3-7-14-23)28-22(2)26-19-12-20-27(26)29(24-15-8-4-9-16-24)25-17-10-5-11-18-25;1-2-4-5-3-1;/h3-22,28H,1-2H3;1-5H;/q-1;-5;/t21-,22-;;/m1../s1. The summed E-state index contributed by atoms with van der Waals surface area (Å²) in [5, 5.41) is 8.04. The van der Waals surface area contributed by atoms with Crippen LogP contribution in [0.5, 0.6) is 0 Å². The Morgan fingerprint density at radius 3 is 1.57 bits per heavy atom. The first-order valence-electron chi connectivity index (χ1n) is 11.9. The normalized spacial score (nSPS) is 12.2. The van der Waals surface area contributed by atoms with Crippen molar-refractivity contribution < 1.29 is 17.1 Å². The summed E-state index contributed by atoms with van der Waals surface area (Å²) in [6.07, 6.45) is 0. The van der Waals surface area contributed by atoms with Crippen LogP contribution in [0, 0.1) is 0 Å². The molecule has 5 rings (SSSR count). The van der Waals surface area contributed by atoms with Gasteiger partial charge in [0.1, 0.15) is 0 Å². The molecule has 0 aliphatic carbocycles. The van der Waals surface area contributed by atoms with Crippen molar-refractivity contribution in [2.45, 2.75) is 25.9 Å². The van der Waals surface area contributed by atoms with E-state index >= 15 is 0 Å². The van der Waals surface area contributed by atoms with Gasteiger partial charge < -0.3 is 35.6 Å². The molecule has 0 heterocycles. The van der Waals surface area contributed by atoms with Crippen LogP contribution in [0.3, 0.4) is 0 Å². The average Bonchev–Trinajstić information content (AvgIpc) is 3.62. The zero-order valence-electron chi connectivity index (χ0n) is 20.2. The first kappa shape index (κ1) is 26.9. The second kappa shape index (κ2) is 14.0.